The minimum Gasteiger partial charge on any atom is -0.357 e. The van der Waals surface area contributed by atoms with Crippen LogP contribution in [0.5, 0.6) is 0 Å². The maximum atomic E-state index is 13.5. The second-order valence-electron chi connectivity index (χ2n) is 7.71. The number of aromatic nitrogens is 1. The molecule has 130 valence electrons. The molecule has 0 atom stereocenters. The van der Waals surface area contributed by atoms with Gasteiger partial charge in [0, 0.05) is 27.6 Å². The first-order valence-electron chi connectivity index (χ1n) is 9.10. The van der Waals surface area contributed by atoms with Crippen LogP contribution >= 0.6 is 0 Å². The Hall–Kier alpha value is -2.86. The zero-order valence-corrected chi connectivity index (χ0v) is 15.7. The SMILES string of the molecule is CCC1=CC2=C(CC=C1C)C(C)(C)c1[nH]c3cc(C#N)ccc3c1C2=O. The summed E-state index contributed by atoms with van der Waals surface area (Å²) in [5.74, 6) is 0.0966. The van der Waals surface area contributed by atoms with E-state index in [0.29, 0.717) is 5.56 Å². The number of allylic oxidation sites excluding steroid dienone is 6. The number of Topliss-reactive ketones (excluding diaryl/α,β-unsaturated/α-hetero) is 1. The topological polar surface area (TPSA) is 56.6 Å². The predicted octanol–water partition coefficient (Wildman–Crippen LogP) is 5.50. The van der Waals surface area contributed by atoms with Gasteiger partial charge in [-0.05, 0) is 49.1 Å². The Labute approximate surface area is 153 Å². The summed E-state index contributed by atoms with van der Waals surface area (Å²) in [5.41, 5.74) is 7.43. The summed E-state index contributed by atoms with van der Waals surface area (Å²) in [6.07, 6.45) is 6.05. The first-order valence-corrected chi connectivity index (χ1v) is 9.10. The fourth-order valence-corrected chi connectivity index (χ4v) is 4.30. The average molecular weight is 342 g/mol. The Morgan fingerprint density at radius 2 is 2.08 bits per heavy atom. The summed E-state index contributed by atoms with van der Waals surface area (Å²) in [7, 11) is 0. The Morgan fingerprint density at radius 1 is 1.31 bits per heavy atom. The molecule has 1 aromatic carbocycles. The first-order chi connectivity index (χ1) is 12.4. The second-order valence-corrected chi connectivity index (χ2v) is 7.71. The molecule has 1 heterocycles. The third-order valence-electron chi connectivity index (χ3n) is 5.92. The first kappa shape index (κ1) is 16.6. The fraction of sp³-hybridized carbons (Fsp3) is 0.304. The van der Waals surface area contributed by atoms with Gasteiger partial charge in [-0.25, -0.2) is 0 Å². The summed E-state index contributed by atoms with van der Waals surface area (Å²) in [5, 5.41) is 10.1. The lowest BCUT2D eigenvalue weighted by molar-refractivity contribution is 0.103. The molecule has 0 spiro atoms. The van der Waals surface area contributed by atoms with E-state index >= 15 is 0 Å². The van der Waals surface area contributed by atoms with E-state index in [1.165, 1.54) is 16.7 Å². The minimum absolute atomic E-state index is 0.0966. The predicted molar refractivity (Wildman–Crippen MR) is 104 cm³/mol. The molecule has 1 N–H and O–H groups in total. The Bertz CT molecular complexity index is 1100. The van der Waals surface area contributed by atoms with Crippen LogP contribution in [0.4, 0.5) is 0 Å². The van der Waals surface area contributed by atoms with Gasteiger partial charge in [0.2, 0.25) is 0 Å². The van der Waals surface area contributed by atoms with Crippen molar-refractivity contribution in [2.75, 3.05) is 0 Å². The molecule has 3 heteroatoms. The van der Waals surface area contributed by atoms with Crippen molar-refractivity contribution in [3.8, 4) is 6.07 Å². The van der Waals surface area contributed by atoms with Crippen molar-refractivity contribution in [3.05, 3.63) is 69.5 Å². The van der Waals surface area contributed by atoms with Gasteiger partial charge in [0.1, 0.15) is 0 Å². The Kier molecular flexibility index (Phi) is 3.56. The standard InChI is InChI=1S/C23H22N2O/c1-5-15-11-17-18(9-6-13(15)2)23(3,4)22-20(21(17)26)16-8-7-14(12-24)10-19(16)25-22/h6-8,10-11,25H,5,9H2,1-4H3. The highest BCUT2D eigenvalue weighted by Crippen LogP contribution is 2.46. The van der Waals surface area contributed by atoms with E-state index < -0.39 is 0 Å². The molecule has 0 aliphatic heterocycles. The molecule has 3 nitrogen and oxygen atoms in total. The number of H-pyrrole nitrogens is 1. The van der Waals surface area contributed by atoms with Gasteiger partial charge in [-0.15, -0.1) is 0 Å². The normalized spacial score (nSPS) is 18.7. The number of nitrogens with zero attached hydrogens (tertiary/aromatic N) is 1. The number of hydrogen-bond donors (Lipinski definition) is 1. The molecule has 0 amide bonds. The van der Waals surface area contributed by atoms with E-state index in [4.69, 9.17) is 0 Å². The number of carbonyl (C=O) groups is 1. The molecule has 2 aliphatic rings. The fourth-order valence-electron chi connectivity index (χ4n) is 4.30. The number of hydrogen-bond acceptors (Lipinski definition) is 2. The van der Waals surface area contributed by atoms with Gasteiger partial charge < -0.3 is 4.98 Å². The third kappa shape index (κ3) is 2.15. The van der Waals surface area contributed by atoms with E-state index in [-0.39, 0.29) is 11.2 Å². The maximum absolute atomic E-state index is 13.5. The Balaban J connectivity index is 2.01. The molecule has 0 bridgehead atoms. The van der Waals surface area contributed by atoms with Gasteiger partial charge in [0.05, 0.1) is 17.2 Å². The van der Waals surface area contributed by atoms with E-state index in [1.807, 2.05) is 12.1 Å². The van der Waals surface area contributed by atoms with Crippen molar-refractivity contribution >= 4 is 16.7 Å². The van der Waals surface area contributed by atoms with Crippen LogP contribution in [0.1, 0.15) is 62.2 Å². The molecule has 4 rings (SSSR count). The van der Waals surface area contributed by atoms with Gasteiger partial charge in [-0.3, -0.25) is 4.79 Å². The zero-order chi connectivity index (χ0) is 18.6. The van der Waals surface area contributed by atoms with Crippen LogP contribution in [0.2, 0.25) is 0 Å². The highest BCUT2D eigenvalue weighted by Gasteiger charge is 2.40. The molecule has 1 aromatic heterocycles. The summed E-state index contributed by atoms with van der Waals surface area (Å²) in [4.78, 5) is 16.9. The van der Waals surface area contributed by atoms with Crippen LogP contribution in [0.3, 0.4) is 0 Å². The van der Waals surface area contributed by atoms with Gasteiger partial charge in [0.25, 0.3) is 0 Å². The number of rotatable bonds is 1. The van der Waals surface area contributed by atoms with Crippen molar-refractivity contribution in [1.82, 2.24) is 4.98 Å². The van der Waals surface area contributed by atoms with E-state index in [9.17, 15) is 10.1 Å². The number of nitriles is 1. The van der Waals surface area contributed by atoms with Crippen LogP contribution < -0.4 is 0 Å². The number of carbonyl (C=O) groups excluding carboxylic acids is 1. The van der Waals surface area contributed by atoms with Crippen LogP contribution in [0.25, 0.3) is 10.9 Å². The number of nitrogens with one attached hydrogen (secondary N) is 1. The smallest absolute Gasteiger partial charge is 0.195 e. The van der Waals surface area contributed by atoms with E-state index in [2.05, 4.69) is 50.9 Å². The van der Waals surface area contributed by atoms with E-state index in [0.717, 1.165) is 40.6 Å². The van der Waals surface area contributed by atoms with Crippen LogP contribution in [-0.2, 0) is 5.41 Å². The monoisotopic (exact) mass is 342 g/mol. The Morgan fingerprint density at radius 3 is 2.77 bits per heavy atom. The lowest BCUT2D eigenvalue weighted by Crippen LogP contribution is -2.30. The lowest BCUT2D eigenvalue weighted by atomic mass is 9.70. The molecule has 0 fully saturated rings. The van der Waals surface area contributed by atoms with E-state index in [1.54, 1.807) is 6.07 Å². The maximum Gasteiger partial charge on any atom is 0.195 e. The molecule has 2 aromatic rings. The number of ketones is 1. The average Bonchev–Trinajstić information content (AvgIpc) is 2.92. The summed E-state index contributed by atoms with van der Waals surface area (Å²) in [6, 6.07) is 7.69. The lowest BCUT2D eigenvalue weighted by Gasteiger charge is -2.33. The zero-order valence-electron chi connectivity index (χ0n) is 15.7. The molecular weight excluding hydrogens is 320 g/mol. The minimum atomic E-state index is -0.263. The van der Waals surface area contributed by atoms with Crippen molar-refractivity contribution in [2.45, 2.75) is 46.0 Å². The third-order valence-corrected chi connectivity index (χ3v) is 5.92. The largest absolute Gasteiger partial charge is 0.357 e. The molecule has 0 saturated carbocycles. The highest BCUT2D eigenvalue weighted by atomic mass is 16.1. The van der Waals surface area contributed by atoms with Gasteiger partial charge >= 0.3 is 0 Å². The quantitative estimate of drug-likeness (QED) is 0.744. The molecule has 0 unspecified atom stereocenters. The van der Waals surface area contributed by atoms with Crippen LogP contribution in [0.15, 0.2) is 52.6 Å². The van der Waals surface area contributed by atoms with Crippen molar-refractivity contribution in [3.63, 3.8) is 0 Å². The van der Waals surface area contributed by atoms with Crippen molar-refractivity contribution < 1.29 is 4.79 Å². The van der Waals surface area contributed by atoms with Gasteiger partial charge in [0.15, 0.2) is 5.78 Å². The summed E-state index contributed by atoms with van der Waals surface area (Å²) >= 11 is 0. The van der Waals surface area contributed by atoms with Gasteiger partial charge in [-0.2, -0.15) is 5.26 Å². The molecule has 0 saturated heterocycles. The second kappa shape index (κ2) is 5.57. The summed E-state index contributed by atoms with van der Waals surface area (Å²) < 4.78 is 0. The molecule has 2 aliphatic carbocycles. The number of benzene rings is 1. The molecular formula is C23H22N2O. The number of aromatic amines is 1. The summed E-state index contributed by atoms with van der Waals surface area (Å²) in [6.45, 7) is 8.63. The molecule has 26 heavy (non-hydrogen) atoms. The van der Waals surface area contributed by atoms with Crippen LogP contribution in [-0.4, -0.2) is 10.8 Å². The highest BCUT2D eigenvalue weighted by molar-refractivity contribution is 6.20. The number of fused-ring (bicyclic) bond motifs is 3. The molecule has 0 radical (unpaired) electrons. The van der Waals surface area contributed by atoms with Crippen LogP contribution in [0, 0.1) is 11.3 Å². The van der Waals surface area contributed by atoms with Crippen molar-refractivity contribution in [2.24, 2.45) is 0 Å². The van der Waals surface area contributed by atoms with Crippen molar-refractivity contribution in [1.29, 1.82) is 5.26 Å². The van der Waals surface area contributed by atoms with Gasteiger partial charge in [-0.1, -0.05) is 38.5 Å².